The van der Waals surface area contributed by atoms with Crippen LogP contribution in [-0.4, -0.2) is 18.3 Å². The van der Waals surface area contributed by atoms with Crippen molar-refractivity contribution in [2.45, 2.75) is 24.1 Å². The van der Waals surface area contributed by atoms with Gasteiger partial charge in [-0.2, -0.15) is 0 Å². The van der Waals surface area contributed by atoms with Crippen molar-refractivity contribution in [3.8, 4) is 0 Å². The lowest BCUT2D eigenvalue weighted by atomic mass is 10.1. The first-order valence-corrected chi connectivity index (χ1v) is 14.4. The van der Waals surface area contributed by atoms with Crippen LogP contribution in [0.2, 0.25) is 6.04 Å². The molecule has 4 rings (SSSR count). The van der Waals surface area contributed by atoms with Gasteiger partial charge in [0.25, 0.3) is 0 Å². The van der Waals surface area contributed by atoms with E-state index in [4.69, 9.17) is 0 Å². The Labute approximate surface area is 185 Å². The zero-order chi connectivity index (χ0) is 20.7. The van der Waals surface area contributed by atoms with Crippen LogP contribution >= 0.6 is 0 Å². The Balaban J connectivity index is 1.74. The quantitative estimate of drug-likeness (QED) is 0.371. The zero-order valence-electron chi connectivity index (χ0n) is 17.7. The van der Waals surface area contributed by atoms with E-state index in [-0.39, 0.29) is 14.2 Å². The molecule has 4 aromatic rings. The van der Waals surface area contributed by atoms with Gasteiger partial charge < -0.3 is 0 Å². The molecule has 1 unspecified atom stereocenters. The number of aryl methyl sites for hydroxylation is 1. The van der Waals surface area contributed by atoms with E-state index in [1.807, 2.05) is 0 Å². The van der Waals surface area contributed by atoms with E-state index in [2.05, 4.69) is 128 Å². The van der Waals surface area contributed by atoms with Gasteiger partial charge in [0.1, 0.15) is 8.80 Å². The van der Waals surface area contributed by atoms with Crippen LogP contribution < -0.4 is 10.4 Å². The van der Waals surface area contributed by atoms with Crippen molar-refractivity contribution in [2.75, 3.05) is 0 Å². The lowest BCUT2D eigenvalue weighted by molar-refractivity contribution is 0.915. The van der Waals surface area contributed by atoms with Crippen molar-refractivity contribution in [1.29, 1.82) is 0 Å². The highest BCUT2D eigenvalue weighted by Gasteiger charge is 2.39. The maximum atomic E-state index is 2.58. The Morgan fingerprint density at radius 3 is 1.53 bits per heavy atom. The van der Waals surface area contributed by atoms with Crippen molar-refractivity contribution in [3.05, 3.63) is 132 Å². The summed E-state index contributed by atoms with van der Waals surface area (Å²) in [5.41, 5.74) is 3.01. The molecule has 150 valence electrons. The Hall–Kier alpha value is -2.69. The van der Waals surface area contributed by atoms with Crippen LogP contribution in [0, 0.1) is 0 Å². The molecule has 0 spiro atoms. The van der Waals surface area contributed by atoms with Gasteiger partial charge in [-0.3, -0.25) is 0 Å². The molecular weight excluding hydrogens is 392 g/mol. The first-order chi connectivity index (χ1) is 14.8. The Bertz CT molecular complexity index is 978. The molecule has 0 saturated heterocycles. The molecule has 0 saturated carbocycles. The lowest BCUT2D eigenvalue weighted by Crippen LogP contribution is -2.60. The van der Waals surface area contributed by atoms with Crippen molar-refractivity contribution in [1.82, 2.24) is 0 Å². The number of hydrogen-bond donors (Lipinski definition) is 0. The molecule has 0 heterocycles. The van der Waals surface area contributed by atoms with Gasteiger partial charge in [0.2, 0.25) is 0 Å². The summed E-state index contributed by atoms with van der Waals surface area (Å²) in [5, 5.41) is 3.12. The summed E-state index contributed by atoms with van der Waals surface area (Å²) in [5.74, 6) is 0. The number of benzene rings is 4. The van der Waals surface area contributed by atoms with Crippen molar-refractivity contribution >= 4 is 28.7 Å². The standard InChI is InChI=1S/C28H30Si2/c1-28(25-16-8-3-9-17-25,29-23-22-24-14-6-2-7-15-24)30(26-18-10-4-11-19-26)27-20-12-5-13-21-27/h2-21,30H,22-23,29H2,1H3. The maximum Gasteiger partial charge on any atom is 0.109 e. The van der Waals surface area contributed by atoms with Crippen molar-refractivity contribution < 1.29 is 0 Å². The average Bonchev–Trinajstić information content (AvgIpc) is 2.82. The van der Waals surface area contributed by atoms with Gasteiger partial charge in [0.05, 0.1) is 0 Å². The first kappa shape index (κ1) is 20.6. The van der Waals surface area contributed by atoms with Crippen LogP contribution in [0.15, 0.2) is 121 Å². The van der Waals surface area contributed by atoms with Gasteiger partial charge in [-0.1, -0.05) is 145 Å². The van der Waals surface area contributed by atoms with Crippen LogP contribution in [0.25, 0.3) is 0 Å². The Morgan fingerprint density at radius 1 is 0.600 bits per heavy atom. The second kappa shape index (κ2) is 9.88. The third kappa shape index (κ3) is 4.72. The molecule has 0 bridgehead atoms. The molecule has 0 fully saturated rings. The molecule has 0 radical (unpaired) electrons. The SMILES string of the molecule is CC([SiH2]CCc1ccccc1)(c1ccccc1)[SiH](c1ccccc1)c1ccccc1. The summed E-state index contributed by atoms with van der Waals surface area (Å²) in [4.78, 5) is 0. The zero-order valence-corrected chi connectivity index (χ0v) is 20.3. The summed E-state index contributed by atoms with van der Waals surface area (Å²) in [6.07, 6.45) is 1.19. The molecule has 1 atom stereocenters. The van der Waals surface area contributed by atoms with E-state index < -0.39 is 8.80 Å². The average molecular weight is 423 g/mol. The maximum absolute atomic E-state index is 2.58. The molecule has 0 nitrogen and oxygen atoms in total. The molecule has 2 heteroatoms. The highest BCUT2D eigenvalue weighted by molar-refractivity contribution is 6.93. The lowest BCUT2D eigenvalue weighted by Gasteiger charge is -2.38. The van der Waals surface area contributed by atoms with Gasteiger partial charge in [-0.25, -0.2) is 0 Å². The normalized spacial score (nSPS) is 13.5. The fourth-order valence-electron chi connectivity index (χ4n) is 4.80. The Kier molecular flexibility index (Phi) is 6.78. The summed E-state index contributed by atoms with van der Waals surface area (Å²) in [7, 11) is -1.86. The second-order valence-electron chi connectivity index (χ2n) is 8.38. The fourth-order valence-corrected chi connectivity index (χ4v) is 13.4. The third-order valence-corrected chi connectivity index (χ3v) is 14.3. The summed E-state index contributed by atoms with van der Waals surface area (Å²) >= 11 is 0. The minimum atomic E-state index is -1.47. The molecule has 30 heavy (non-hydrogen) atoms. The van der Waals surface area contributed by atoms with Gasteiger partial charge >= 0.3 is 0 Å². The van der Waals surface area contributed by atoms with Crippen LogP contribution in [0.4, 0.5) is 0 Å². The van der Waals surface area contributed by atoms with E-state index in [9.17, 15) is 0 Å². The van der Waals surface area contributed by atoms with Crippen LogP contribution in [0.5, 0.6) is 0 Å². The molecule has 0 N–H and O–H groups in total. The van der Waals surface area contributed by atoms with Crippen molar-refractivity contribution in [2.24, 2.45) is 0 Å². The van der Waals surface area contributed by atoms with Crippen LogP contribution in [0.3, 0.4) is 0 Å². The molecular formula is C28H30Si2. The number of hydrogen-bond acceptors (Lipinski definition) is 0. The topological polar surface area (TPSA) is 0 Å². The third-order valence-electron chi connectivity index (χ3n) is 6.34. The van der Waals surface area contributed by atoms with E-state index >= 15 is 0 Å². The molecule has 0 aliphatic heterocycles. The minimum absolute atomic E-state index is 0.277. The summed E-state index contributed by atoms with van der Waals surface area (Å²) < 4.78 is 0.277. The minimum Gasteiger partial charge on any atom is -0.0629 e. The van der Waals surface area contributed by atoms with E-state index in [1.165, 1.54) is 23.6 Å². The van der Waals surface area contributed by atoms with Crippen molar-refractivity contribution in [3.63, 3.8) is 0 Å². The monoisotopic (exact) mass is 422 g/mol. The Morgan fingerprint density at radius 2 is 1.03 bits per heavy atom. The van der Waals surface area contributed by atoms with Gasteiger partial charge in [0.15, 0.2) is 0 Å². The summed E-state index contributed by atoms with van der Waals surface area (Å²) in [6.45, 7) is 2.58. The summed E-state index contributed by atoms with van der Waals surface area (Å²) in [6, 6.07) is 46.3. The smallest absolute Gasteiger partial charge is 0.0629 e. The van der Waals surface area contributed by atoms with Crippen LogP contribution in [-0.2, 0) is 11.1 Å². The van der Waals surface area contributed by atoms with Gasteiger partial charge in [0, 0.05) is 9.52 Å². The predicted octanol–water partition coefficient (Wildman–Crippen LogP) is 4.31. The van der Waals surface area contributed by atoms with E-state index in [0.29, 0.717) is 0 Å². The van der Waals surface area contributed by atoms with E-state index in [0.717, 1.165) is 0 Å². The van der Waals surface area contributed by atoms with Crippen LogP contribution in [0.1, 0.15) is 18.1 Å². The second-order valence-corrected chi connectivity index (χ2v) is 15.3. The van der Waals surface area contributed by atoms with Gasteiger partial charge in [-0.05, 0) is 22.2 Å². The molecule has 0 aliphatic carbocycles. The van der Waals surface area contributed by atoms with E-state index in [1.54, 1.807) is 10.4 Å². The van der Waals surface area contributed by atoms with Gasteiger partial charge in [-0.15, -0.1) is 0 Å². The molecule has 4 aromatic carbocycles. The molecule has 0 aromatic heterocycles. The predicted molar refractivity (Wildman–Crippen MR) is 137 cm³/mol. The fraction of sp³-hybridized carbons (Fsp3) is 0.143. The molecule has 0 aliphatic rings. The highest BCUT2D eigenvalue weighted by Crippen LogP contribution is 2.28. The largest absolute Gasteiger partial charge is 0.109 e. The first-order valence-electron chi connectivity index (χ1n) is 11.0. The highest BCUT2D eigenvalue weighted by atomic mass is 28.3. The number of rotatable bonds is 8. The molecule has 0 amide bonds.